The summed E-state index contributed by atoms with van der Waals surface area (Å²) in [5, 5.41) is 11.7. The monoisotopic (exact) mass is 265 g/mol. The molecule has 2 N–H and O–H groups in total. The molecule has 0 radical (unpaired) electrons. The van der Waals surface area contributed by atoms with Crippen molar-refractivity contribution in [2.75, 3.05) is 7.11 Å². The van der Waals surface area contributed by atoms with Crippen LogP contribution < -0.4 is 5.32 Å². The number of methoxy groups -OCH3 is 1. The Bertz CT molecular complexity index is 440. The van der Waals surface area contributed by atoms with Gasteiger partial charge in [0.1, 0.15) is 5.60 Å². The molecule has 0 saturated carbocycles. The number of rotatable bonds is 6. The van der Waals surface area contributed by atoms with Gasteiger partial charge in [-0.3, -0.25) is 4.79 Å². The largest absolute Gasteiger partial charge is 0.479 e. The summed E-state index contributed by atoms with van der Waals surface area (Å²) in [7, 11) is 1.43. The van der Waals surface area contributed by atoms with E-state index in [1.165, 1.54) is 7.11 Å². The van der Waals surface area contributed by atoms with E-state index in [0.29, 0.717) is 12.0 Å². The van der Waals surface area contributed by atoms with Gasteiger partial charge in [-0.15, -0.1) is 0 Å². The lowest BCUT2D eigenvalue weighted by Crippen LogP contribution is -2.48. The highest BCUT2D eigenvalue weighted by Gasteiger charge is 2.34. The number of amides is 1. The first-order valence-electron chi connectivity index (χ1n) is 6.08. The topological polar surface area (TPSA) is 75.6 Å². The third-order valence-corrected chi connectivity index (χ3v) is 3.26. The molecule has 1 amide bonds. The Hall–Kier alpha value is -1.88. The van der Waals surface area contributed by atoms with Gasteiger partial charge in [0.25, 0.3) is 5.91 Å². The molecule has 0 aliphatic rings. The van der Waals surface area contributed by atoms with E-state index >= 15 is 0 Å². The van der Waals surface area contributed by atoms with Gasteiger partial charge in [-0.05, 0) is 18.9 Å². The predicted molar refractivity (Wildman–Crippen MR) is 70.7 cm³/mol. The van der Waals surface area contributed by atoms with Crippen LogP contribution in [0.1, 0.15) is 31.9 Å². The zero-order valence-electron chi connectivity index (χ0n) is 11.3. The number of hydrogen-bond donors (Lipinski definition) is 2. The Balaban J connectivity index is 2.93. The molecule has 5 nitrogen and oxygen atoms in total. The molecule has 0 saturated heterocycles. The summed E-state index contributed by atoms with van der Waals surface area (Å²) in [6.07, 6.45) is 0.455. The highest BCUT2D eigenvalue weighted by molar-refractivity contribution is 5.89. The fraction of sp³-hybridized carbons (Fsp3) is 0.429. The Labute approximate surface area is 112 Å². The second kappa shape index (κ2) is 6.33. The van der Waals surface area contributed by atoms with E-state index in [2.05, 4.69) is 5.32 Å². The van der Waals surface area contributed by atoms with E-state index < -0.39 is 23.5 Å². The predicted octanol–water partition coefficient (Wildman–Crippen LogP) is 1.74. The normalized spacial score (nSPS) is 15.3. The van der Waals surface area contributed by atoms with Gasteiger partial charge in [0.15, 0.2) is 6.04 Å². The van der Waals surface area contributed by atoms with Crippen molar-refractivity contribution in [2.24, 2.45) is 0 Å². The second-order valence-electron chi connectivity index (χ2n) is 4.44. The summed E-state index contributed by atoms with van der Waals surface area (Å²) in [6, 6.07) is 7.49. The third kappa shape index (κ3) is 3.54. The van der Waals surface area contributed by atoms with Crippen molar-refractivity contribution in [3.8, 4) is 0 Å². The highest BCUT2D eigenvalue weighted by Crippen LogP contribution is 2.18. The van der Waals surface area contributed by atoms with Crippen LogP contribution in [0.2, 0.25) is 0 Å². The average Bonchev–Trinajstić information content (AvgIpc) is 2.44. The van der Waals surface area contributed by atoms with Gasteiger partial charge < -0.3 is 15.2 Å². The molecule has 0 aliphatic carbocycles. The number of nitrogens with one attached hydrogen (secondary N) is 1. The molecular formula is C14H19NO4. The summed E-state index contributed by atoms with van der Waals surface area (Å²) < 4.78 is 5.16. The van der Waals surface area contributed by atoms with Crippen LogP contribution in [-0.2, 0) is 14.3 Å². The Kier molecular flexibility index (Phi) is 5.06. The maximum Gasteiger partial charge on any atom is 0.330 e. The molecule has 2 unspecified atom stereocenters. The van der Waals surface area contributed by atoms with E-state index in [-0.39, 0.29) is 0 Å². The minimum atomic E-state index is -1.10. The van der Waals surface area contributed by atoms with Crippen molar-refractivity contribution in [3.63, 3.8) is 0 Å². The highest BCUT2D eigenvalue weighted by atomic mass is 16.5. The Morgan fingerprint density at radius 2 is 1.95 bits per heavy atom. The molecule has 0 aromatic heterocycles. The zero-order chi connectivity index (χ0) is 14.5. The van der Waals surface area contributed by atoms with E-state index in [1.807, 2.05) is 0 Å². The molecule has 0 aliphatic heterocycles. The summed E-state index contributed by atoms with van der Waals surface area (Å²) >= 11 is 0. The molecule has 1 aromatic rings. The van der Waals surface area contributed by atoms with Crippen LogP contribution in [0.3, 0.4) is 0 Å². The van der Waals surface area contributed by atoms with Crippen LogP contribution in [-0.4, -0.2) is 29.7 Å². The fourth-order valence-corrected chi connectivity index (χ4v) is 1.61. The van der Waals surface area contributed by atoms with Gasteiger partial charge >= 0.3 is 5.97 Å². The van der Waals surface area contributed by atoms with Crippen LogP contribution in [0.4, 0.5) is 0 Å². The van der Waals surface area contributed by atoms with E-state index in [0.717, 1.165) is 0 Å². The van der Waals surface area contributed by atoms with E-state index in [4.69, 9.17) is 4.74 Å². The van der Waals surface area contributed by atoms with Crippen LogP contribution in [0.15, 0.2) is 30.3 Å². The first kappa shape index (κ1) is 15.2. The molecular weight excluding hydrogens is 246 g/mol. The lowest BCUT2D eigenvalue weighted by molar-refractivity contribution is -0.148. The van der Waals surface area contributed by atoms with Crippen molar-refractivity contribution >= 4 is 11.9 Å². The second-order valence-corrected chi connectivity index (χ2v) is 4.44. The van der Waals surface area contributed by atoms with Gasteiger partial charge in [-0.2, -0.15) is 0 Å². The van der Waals surface area contributed by atoms with E-state index in [9.17, 15) is 14.7 Å². The van der Waals surface area contributed by atoms with Crippen molar-refractivity contribution < 1.29 is 19.4 Å². The Morgan fingerprint density at radius 1 is 1.37 bits per heavy atom. The number of hydrogen-bond acceptors (Lipinski definition) is 3. The van der Waals surface area contributed by atoms with Gasteiger partial charge in [-0.25, -0.2) is 4.79 Å². The summed E-state index contributed by atoms with van der Waals surface area (Å²) in [5.74, 6) is -1.54. The van der Waals surface area contributed by atoms with Crippen LogP contribution in [0, 0.1) is 0 Å². The number of aliphatic carboxylic acids is 1. The van der Waals surface area contributed by atoms with Gasteiger partial charge in [0.05, 0.1) is 0 Å². The number of carboxylic acids is 1. The first-order chi connectivity index (χ1) is 8.94. The maximum atomic E-state index is 12.1. The lowest BCUT2D eigenvalue weighted by atomic mass is 10.00. The lowest BCUT2D eigenvalue weighted by Gasteiger charge is -2.27. The van der Waals surface area contributed by atoms with Crippen LogP contribution in [0.25, 0.3) is 0 Å². The molecule has 104 valence electrons. The smallest absolute Gasteiger partial charge is 0.330 e. The fourth-order valence-electron chi connectivity index (χ4n) is 1.61. The molecule has 1 rings (SSSR count). The molecule has 0 bridgehead atoms. The third-order valence-electron chi connectivity index (χ3n) is 3.26. The molecule has 5 heteroatoms. The number of benzene rings is 1. The van der Waals surface area contributed by atoms with E-state index in [1.54, 1.807) is 44.2 Å². The van der Waals surface area contributed by atoms with Crippen LogP contribution in [0.5, 0.6) is 0 Å². The standard InChI is InChI=1S/C14H19NO4/c1-4-14(2,19-3)13(18)15-11(12(16)17)10-8-6-5-7-9-10/h5-9,11H,4H2,1-3H3,(H,15,18)(H,16,17). The maximum absolute atomic E-state index is 12.1. The summed E-state index contributed by atoms with van der Waals surface area (Å²) in [5.41, 5.74) is -0.499. The average molecular weight is 265 g/mol. The zero-order valence-corrected chi connectivity index (χ0v) is 11.3. The molecule has 0 heterocycles. The number of carbonyl (C=O) groups excluding carboxylic acids is 1. The quantitative estimate of drug-likeness (QED) is 0.821. The Morgan fingerprint density at radius 3 is 2.37 bits per heavy atom. The molecule has 2 atom stereocenters. The molecule has 0 spiro atoms. The first-order valence-corrected chi connectivity index (χ1v) is 6.08. The van der Waals surface area contributed by atoms with Crippen molar-refractivity contribution in [1.82, 2.24) is 5.32 Å². The minimum absolute atomic E-state index is 0.436. The van der Waals surface area contributed by atoms with Crippen molar-refractivity contribution in [1.29, 1.82) is 0 Å². The van der Waals surface area contributed by atoms with Gasteiger partial charge in [-0.1, -0.05) is 37.3 Å². The van der Waals surface area contributed by atoms with Crippen LogP contribution >= 0.6 is 0 Å². The summed E-state index contributed by atoms with van der Waals surface area (Å²) in [6.45, 7) is 3.44. The van der Waals surface area contributed by atoms with Crippen molar-refractivity contribution in [2.45, 2.75) is 31.9 Å². The number of carboxylic acid groups (broad SMARTS) is 1. The number of ether oxygens (including phenoxy) is 1. The SMILES string of the molecule is CCC(C)(OC)C(=O)NC(C(=O)O)c1ccccc1. The minimum Gasteiger partial charge on any atom is -0.479 e. The van der Waals surface area contributed by atoms with Crippen molar-refractivity contribution in [3.05, 3.63) is 35.9 Å². The number of carbonyl (C=O) groups is 2. The summed E-state index contributed by atoms with van der Waals surface area (Å²) in [4.78, 5) is 23.4. The van der Waals surface area contributed by atoms with Gasteiger partial charge in [0.2, 0.25) is 0 Å². The molecule has 1 aromatic carbocycles. The van der Waals surface area contributed by atoms with Gasteiger partial charge in [0, 0.05) is 7.11 Å². The molecule has 19 heavy (non-hydrogen) atoms. The molecule has 0 fully saturated rings.